The van der Waals surface area contributed by atoms with Crippen LogP contribution in [0.25, 0.3) is 0 Å². The maximum atomic E-state index is 12.9. The van der Waals surface area contributed by atoms with Crippen LogP contribution in [0.3, 0.4) is 0 Å². The van der Waals surface area contributed by atoms with Crippen molar-refractivity contribution in [2.24, 2.45) is 0 Å². The Kier molecular flexibility index (Phi) is 56.9. The third-order valence-electron chi connectivity index (χ3n) is 13.2. The zero-order chi connectivity index (χ0) is 58.4. The van der Waals surface area contributed by atoms with Gasteiger partial charge >= 0.3 is 19.8 Å². The molecule has 0 aliphatic heterocycles. The first kappa shape index (κ1) is 76.1. The summed E-state index contributed by atoms with van der Waals surface area (Å²) in [7, 11) is 1.46. The van der Waals surface area contributed by atoms with E-state index in [9.17, 15) is 19.0 Å². The quantitative estimate of drug-likeness (QED) is 0.0211. The molecular formula is C70H119NO8P+. The maximum absolute atomic E-state index is 12.9. The standard InChI is InChI=1S/C70H118NO8P/c1-6-8-10-12-14-16-18-20-22-24-26-28-30-32-33-34-35-36-37-39-41-43-45-47-49-51-53-55-57-59-61-63-70(73)79-68(67-78-80(74,75)77-65-64-71(3,4)5)66-76-69(72)62-60-58-56-54-52-50-48-46-44-42-40-38-31-29-27-25-23-21-19-17-15-13-11-9-7-2/h8-11,14-17,20-23,26-29,32-33,35-36,38,40,68H,6-7,12-13,18-19,24-25,30-31,34,37,39,41-67H2,1-5H3/p+1/b10-8-,11-9-,16-14-,17-15-,22-20-,23-21-,28-26-,29-27-,33-32-,36-35-,40-38-. The minimum atomic E-state index is -4.40. The second kappa shape index (κ2) is 59.8. The predicted octanol–water partition coefficient (Wildman–Crippen LogP) is 20.5. The van der Waals surface area contributed by atoms with Crippen molar-refractivity contribution in [2.45, 2.75) is 251 Å². The number of ether oxygens (including phenoxy) is 2. The average Bonchev–Trinajstić information content (AvgIpc) is 3.42. The molecule has 10 heteroatoms. The lowest BCUT2D eigenvalue weighted by Crippen LogP contribution is -2.37. The smallest absolute Gasteiger partial charge is 0.462 e. The topological polar surface area (TPSA) is 108 Å². The van der Waals surface area contributed by atoms with Crippen molar-refractivity contribution in [3.63, 3.8) is 0 Å². The Morgan fingerprint density at radius 3 is 1.00 bits per heavy atom. The van der Waals surface area contributed by atoms with Gasteiger partial charge in [-0.3, -0.25) is 18.6 Å². The van der Waals surface area contributed by atoms with E-state index < -0.39 is 26.5 Å². The molecule has 0 bridgehead atoms. The monoisotopic (exact) mass is 1130 g/mol. The minimum absolute atomic E-state index is 0.0238. The maximum Gasteiger partial charge on any atom is 0.472 e. The fourth-order valence-electron chi connectivity index (χ4n) is 8.34. The van der Waals surface area contributed by atoms with E-state index in [-0.39, 0.29) is 32.0 Å². The Morgan fingerprint density at radius 2 is 0.675 bits per heavy atom. The molecule has 0 saturated carbocycles. The van der Waals surface area contributed by atoms with Gasteiger partial charge in [-0.2, -0.15) is 0 Å². The van der Waals surface area contributed by atoms with Gasteiger partial charge in [-0.25, -0.2) is 4.57 Å². The molecule has 456 valence electrons. The number of unbranched alkanes of at least 4 members (excludes halogenated alkanes) is 21. The number of rotatable bonds is 57. The summed E-state index contributed by atoms with van der Waals surface area (Å²) >= 11 is 0. The SMILES string of the molecule is CC/C=C\C/C=C\C/C=C\C/C=C\C/C=C\C/C=C\CCCCCCCCCCCCCCC(=O)OC(COC(=O)CCCCCCCCCCC/C=C\C/C=C\C/C=C\C/C=C\C/C=C\CC)COP(=O)(O)OCC[N+](C)(C)C. The molecule has 0 aliphatic rings. The fraction of sp³-hybridized carbons (Fsp3) is 0.657. The highest BCUT2D eigenvalue weighted by molar-refractivity contribution is 7.47. The Bertz CT molecular complexity index is 1810. The molecule has 0 aromatic carbocycles. The van der Waals surface area contributed by atoms with Crippen molar-refractivity contribution in [1.82, 2.24) is 0 Å². The van der Waals surface area contributed by atoms with E-state index in [0.717, 1.165) is 122 Å². The van der Waals surface area contributed by atoms with E-state index in [1.165, 1.54) is 89.9 Å². The summed E-state index contributed by atoms with van der Waals surface area (Å²) < 4.78 is 34.7. The van der Waals surface area contributed by atoms with E-state index >= 15 is 0 Å². The van der Waals surface area contributed by atoms with Crippen molar-refractivity contribution in [1.29, 1.82) is 0 Å². The third-order valence-corrected chi connectivity index (χ3v) is 14.2. The summed E-state index contributed by atoms with van der Waals surface area (Å²) in [6.07, 6.45) is 86.7. The van der Waals surface area contributed by atoms with Crippen LogP contribution in [0.4, 0.5) is 0 Å². The van der Waals surface area contributed by atoms with E-state index in [2.05, 4.69) is 148 Å². The highest BCUT2D eigenvalue weighted by Crippen LogP contribution is 2.43. The predicted molar refractivity (Wildman–Crippen MR) is 344 cm³/mol. The molecule has 0 aromatic heterocycles. The summed E-state index contributed by atoms with van der Waals surface area (Å²) in [5.74, 6) is -0.811. The number of carbonyl (C=O) groups excluding carboxylic acids is 2. The second-order valence-corrected chi connectivity index (χ2v) is 23.5. The summed E-state index contributed by atoms with van der Waals surface area (Å²) in [6.45, 7) is 4.19. The number of quaternary nitrogens is 1. The van der Waals surface area contributed by atoms with Crippen LogP contribution in [0.1, 0.15) is 245 Å². The second-order valence-electron chi connectivity index (χ2n) is 22.0. The zero-order valence-corrected chi connectivity index (χ0v) is 52.7. The van der Waals surface area contributed by atoms with Gasteiger partial charge in [0.2, 0.25) is 0 Å². The average molecular weight is 1130 g/mol. The summed E-state index contributed by atoms with van der Waals surface area (Å²) in [6, 6.07) is 0. The largest absolute Gasteiger partial charge is 0.472 e. The van der Waals surface area contributed by atoms with Crippen LogP contribution < -0.4 is 0 Å². The molecule has 0 aromatic rings. The van der Waals surface area contributed by atoms with Crippen LogP contribution in [-0.4, -0.2) is 74.9 Å². The van der Waals surface area contributed by atoms with Gasteiger partial charge in [0.1, 0.15) is 19.8 Å². The van der Waals surface area contributed by atoms with Gasteiger partial charge in [0.25, 0.3) is 0 Å². The molecule has 0 spiro atoms. The Morgan fingerprint density at radius 1 is 0.388 bits per heavy atom. The van der Waals surface area contributed by atoms with Crippen LogP contribution in [-0.2, 0) is 32.7 Å². The molecule has 0 radical (unpaired) electrons. The molecular weight excluding hydrogens is 1010 g/mol. The van der Waals surface area contributed by atoms with Crippen molar-refractivity contribution in [3.8, 4) is 0 Å². The van der Waals surface area contributed by atoms with Crippen LogP contribution in [0, 0.1) is 0 Å². The van der Waals surface area contributed by atoms with Gasteiger partial charge in [0, 0.05) is 12.8 Å². The van der Waals surface area contributed by atoms with E-state index in [1.807, 2.05) is 21.1 Å². The number of hydrogen-bond donors (Lipinski definition) is 1. The molecule has 2 atom stereocenters. The van der Waals surface area contributed by atoms with Crippen molar-refractivity contribution in [3.05, 3.63) is 134 Å². The molecule has 0 heterocycles. The number of phosphoric ester groups is 1. The van der Waals surface area contributed by atoms with Crippen molar-refractivity contribution < 1.29 is 42.1 Å². The molecule has 80 heavy (non-hydrogen) atoms. The van der Waals surface area contributed by atoms with Gasteiger partial charge in [-0.1, -0.05) is 257 Å². The van der Waals surface area contributed by atoms with E-state index in [0.29, 0.717) is 17.4 Å². The molecule has 0 saturated heterocycles. The molecule has 9 nitrogen and oxygen atoms in total. The number of nitrogens with zero attached hydrogens (tertiary/aromatic N) is 1. The molecule has 2 unspecified atom stereocenters. The summed E-state index contributed by atoms with van der Waals surface area (Å²) in [4.78, 5) is 35.8. The van der Waals surface area contributed by atoms with Gasteiger partial charge < -0.3 is 18.9 Å². The number of carbonyl (C=O) groups is 2. The van der Waals surface area contributed by atoms with Crippen LogP contribution >= 0.6 is 7.82 Å². The van der Waals surface area contributed by atoms with E-state index in [1.54, 1.807) is 0 Å². The van der Waals surface area contributed by atoms with Gasteiger partial charge in [0.15, 0.2) is 6.10 Å². The molecule has 0 amide bonds. The minimum Gasteiger partial charge on any atom is -0.462 e. The molecule has 1 N–H and O–H groups in total. The molecule has 0 fully saturated rings. The highest BCUT2D eigenvalue weighted by atomic mass is 31.2. The van der Waals surface area contributed by atoms with Crippen molar-refractivity contribution >= 4 is 19.8 Å². The number of esters is 2. The highest BCUT2D eigenvalue weighted by Gasteiger charge is 2.27. The third kappa shape index (κ3) is 63.3. The normalized spacial score (nSPS) is 14.1. The van der Waals surface area contributed by atoms with Gasteiger partial charge in [-0.15, -0.1) is 0 Å². The first-order valence-electron chi connectivity index (χ1n) is 31.9. The lowest BCUT2D eigenvalue weighted by molar-refractivity contribution is -0.870. The van der Waals surface area contributed by atoms with E-state index in [4.69, 9.17) is 18.5 Å². The van der Waals surface area contributed by atoms with Crippen LogP contribution in [0.5, 0.6) is 0 Å². The number of hydrogen-bond acceptors (Lipinski definition) is 7. The first-order valence-corrected chi connectivity index (χ1v) is 33.4. The Hall–Kier alpha value is -3.85. The number of allylic oxidation sites excluding steroid dienone is 22. The summed E-state index contributed by atoms with van der Waals surface area (Å²) in [5, 5.41) is 0. The molecule has 0 rings (SSSR count). The van der Waals surface area contributed by atoms with Crippen molar-refractivity contribution in [2.75, 3.05) is 47.5 Å². The number of phosphoric acid groups is 1. The lowest BCUT2D eigenvalue weighted by atomic mass is 10.0. The molecule has 0 aliphatic carbocycles. The Balaban J connectivity index is 4.15. The summed E-state index contributed by atoms with van der Waals surface area (Å²) in [5.41, 5.74) is 0. The van der Waals surface area contributed by atoms with Gasteiger partial charge in [-0.05, 0) is 109 Å². The van der Waals surface area contributed by atoms with Crippen LogP contribution in [0.15, 0.2) is 134 Å². The van der Waals surface area contributed by atoms with Gasteiger partial charge in [0.05, 0.1) is 27.7 Å². The van der Waals surface area contributed by atoms with Crippen LogP contribution in [0.2, 0.25) is 0 Å². The number of likely N-dealkylation sites (N-methyl/N-ethyl adjacent to an activating group) is 1. The Labute approximate surface area is 491 Å². The lowest BCUT2D eigenvalue weighted by Gasteiger charge is -2.24. The zero-order valence-electron chi connectivity index (χ0n) is 51.8. The fourth-order valence-corrected chi connectivity index (χ4v) is 9.08. The first-order chi connectivity index (χ1) is 39.0.